The van der Waals surface area contributed by atoms with E-state index in [2.05, 4.69) is 24.5 Å². The van der Waals surface area contributed by atoms with Crippen LogP contribution in [0.15, 0.2) is 24.3 Å². The summed E-state index contributed by atoms with van der Waals surface area (Å²) in [4.78, 5) is 24.5. The highest BCUT2D eigenvalue weighted by molar-refractivity contribution is 5.98. The van der Waals surface area contributed by atoms with Gasteiger partial charge in [0, 0.05) is 24.4 Å². The number of nitrogens with one attached hydrogen (secondary N) is 2. The molecule has 1 fully saturated rings. The number of hydrogen-bond acceptors (Lipinski definition) is 3. The van der Waals surface area contributed by atoms with Gasteiger partial charge in [-0.05, 0) is 43.4 Å². The molecule has 5 heteroatoms. The highest BCUT2D eigenvalue weighted by Gasteiger charge is 2.23. The maximum absolute atomic E-state index is 12.4. The number of hydrogen-bond donors (Lipinski definition) is 2. The van der Waals surface area contributed by atoms with Crippen LogP contribution in [0.3, 0.4) is 0 Å². The van der Waals surface area contributed by atoms with Crippen LogP contribution in [0.1, 0.15) is 62.7 Å². The third-order valence-electron chi connectivity index (χ3n) is 4.71. The van der Waals surface area contributed by atoms with Crippen LogP contribution in [-0.4, -0.2) is 31.1 Å². The summed E-state index contributed by atoms with van der Waals surface area (Å²) >= 11 is 0. The molecule has 2 N–H and O–H groups in total. The van der Waals surface area contributed by atoms with Gasteiger partial charge in [-0.25, -0.2) is 0 Å². The van der Waals surface area contributed by atoms with Gasteiger partial charge in [0.05, 0.1) is 0 Å². The minimum atomic E-state index is -0.374. The summed E-state index contributed by atoms with van der Waals surface area (Å²) in [7, 11) is 0. The first-order valence-corrected chi connectivity index (χ1v) is 9.44. The first-order chi connectivity index (χ1) is 12.1. The minimum Gasteiger partial charge on any atom is -0.368 e. The lowest BCUT2D eigenvalue weighted by Gasteiger charge is -2.16. The van der Waals surface area contributed by atoms with Gasteiger partial charge in [0.25, 0.3) is 11.8 Å². The van der Waals surface area contributed by atoms with Crippen LogP contribution in [0.2, 0.25) is 0 Å². The molecule has 0 bridgehead atoms. The minimum absolute atomic E-state index is 0.0943. The average molecular weight is 346 g/mol. The summed E-state index contributed by atoms with van der Waals surface area (Å²) in [6, 6.07) is 7.06. The molecule has 138 valence electrons. The van der Waals surface area contributed by atoms with Crippen molar-refractivity contribution in [3.8, 4) is 0 Å². The second-order valence-electron chi connectivity index (χ2n) is 6.70. The molecule has 2 atom stereocenters. The van der Waals surface area contributed by atoms with Crippen molar-refractivity contribution in [3.05, 3.63) is 29.8 Å². The van der Waals surface area contributed by atoms with Gasteiger partial charge < -0.3 is 15.4 Å². The highest BCUT2D eigenvalue weighted by Crippen LogP contribution is 2.17. The molecule has 0 aromatic heterocycles. The van der Waals surface area contributed by atoms with Crippen LogP contribution in [0.5, 0.6) is 0 Å². The third-order valence-corrected chi connectivity index (χ3v) is 4.71. The van der Waals surface area contributed by atoms with E-state index in [-0.39, 0.29) is 17.9 Å². The zero-order chi connectivity index (χ0) is 18.1. The molecule has 1 heterocycles. The van der Waals surface area contributed by atoms with E-state index in [9.17, 15) is 9.59 Å². The highest BCUT2D eigenvalue weighted by atomic mass is 16.5. The topological polar surface area (TPSA) is 67.4 Å². The fraction of sp³-hybridized carbons (Fsp3) is 0.600. The van der Waals surface area contributed by atoms with Crippen molar-refractivity contribution in [2.75, 3.05) is 18.5 Å². The Kier molecular flexibility index (Phi) is 7.92. The molecule has 0 spiro atoms. The molecule has 25 heavy (non-hydrogen) atoms. The lowest BCUT2D eigenvalue weighted by molar-refractivity contribution is -0.124. The van der Waals surface area contributed by atoms with E-state index >= 15 is 0 Å². The second-order valence-corrected chi connectivity index (χ2v) is 6.70. The molecule has 0 radical (unpaired) electrons. The quantitative estimate of drug-likeness (QED) is 0.715. The standard InChI is InChI=1S/C20H30N2O3/c1-3-5-8-15(4-2)14-21-19(23)16-9-6-10-17(13-16)22-20(24)18-11-7-12-25-18/h6,9-10,13,15,18H,3-5,7-8,11-12,14H2,1-2H3,(H,21,23)(H,22,24)/t15-,18-/m0/s1. The lowest BCUT2D eigenvalue weighted by Crippen LogP contribution is -2.29. The number of amides is 2. The molecule has 0 unspecified atom stereocenters. The molecular formula is C20H30N2O3. The van der Waals surface area contributed by atoms with Gasteiger partial charge >= 0.3 is 0 Å². The van der Waals surface area contributed by atoms with E-state index in [0.29, 0.717) is 30.3 Å². The van der Waals surface area contributed by atoms with E-state index < -0.39 is 0 Å². The van der Waals surface area contributed by atoms with Crippen molar-refractivity contribution in [2.24, 2.45) is 5.92 Å². The molecule has 0 saturated carbocycles. The zero-order valence-corrected chi connectivity index (χ0v) is 15.3. The van der Waals surface area contributed by atoms with Crippen molar-refractivity contribution in [2.45, 2.75) is 58.5 Å². The Morgan fingerprint density at radius 2 is 2.16 bits per heavy atom. The number of rotatable bonds is 9. The molecular weight excluding hydrogens is 316 g/mol. The van der Waals surface area contributed by atoms with E-state index in [1.54, 1.807) is 24.3 Å². The Morgan fingerprint density at radius 3 is 2.84 bits per heavy atom. The maximum atomic E-state index is 12.4. The van der Waals surface area contributed by atoms with Gasteiger partial charge in [0.15, 0.2) is 0 Å². The number of carbonyl (C=O) groups excluding carboxylic acids is 2. The van der Waals surface area contributed by atoms with Crippen LogP contribution >= 0.6 is 0 Å². The van der Waals surface area contributed by atoms with Crippen molar-refractivity contribution in [1.82, 2.24) is 5.32 Å². The van der Waals surface area contributed by atoms with Gasteiger partial charge in [0.1, 0.15) is 6.10 Å². The number of anilines is 1. The molecule has 1 saturated heterocycles. The molecule has 0 aliphatic carbocycles. The Labute approximate surface area is 150 Å². The third kappa shape index (κ3) is 6.16. The number of unbranched alkanes of at least 4 members (excludes halogenated alkanes) is 1. The summed E-state index contributed by atoms with van der Waals surface area (Å²) in [6.45, 7) is 5.68. The Hall–Kier alpha value is -1.88. The van der Waals surface area contributed by atoms with Crippen molar-refractivity contribution >= 4 is 17.5 Å². The average Bonchev–Trinajstić information content (AvgIpc) is 3.17. The second kappa shape index (κ2) is 10.2. The summed E-state index contributed by atoms with van der Waals surface area (Å²) < 4.78 is 5.38. The molecule has 1 aliphatic rings. The number of carbonyl (C=O) groups is 2. The summed E-state index contributed by atoms with van der Waals surface area (Å²) in [6.07, 6.45) is 5.87. The smallest absolute Gasteiger partial charge is 0.253 e. The molecule has 1 aromatic carbocycles. The normalized spacial score (nSPS) is 17.9. The Balaban J connectivity index is 1.88. The summed E-state index contributed by atoms with van der Waals surface area (Å²) in [5, 5.41) is 5.86. The first-order valence-electron chi connectivity index (χ1n) is 9.44. The largest absolute Gasteiger partial charge is 0.368 e. The van der Waals surface area contributed by atoms with Gasteiger partial charge in [-0.3, -0.25) is 9.59 Å². The maximum Gasteiger partial charge on any atom is 0.253 e. The van der Waals surface area contributed by atoms with E-state index in [4.69, 9.17) is 4.74 Å². The molecule has 2 rings (SSSR count). The van der Waals surface area contributed by atoms with Gasteiger partial charge in [-0.1, -0.05) is 39.2 Å². The van der Waals surface area contributed by atoms with Crippen LogP contribution < -0.4 is 10.6 Å². The fourth-order valence-corrected chi connectivity index (χ4v) is 3.03. The monoisotopic (exact) mass is 346 g/mol. The predicted octanol–water partition coefficient (Wildman–Crippen LogP) is 3.75. The molecule has 1 aromatic rings. The summed E-state index contributed by atoms with van der Waals surface area (Å²) in [5.74, 6) is 0.287. The molecule has 1 aliphatic heterocycles. The Morgan fingerprint density at radius 1 is 1.32 bits per heavy atom. The van der Waals surface area contributed by atoms with Crippen LogP contribution in [0.4, 0.5) is 5.69 Å². The van der Waals surface area contributed by atoms with Gasteiger partial charge in [-0.2, -0.15) is 0 Å². The van der Waals surface area contributed by atoms with Gasteiger partial charge in [-0.15, -0.1) is 0 Å². The van der Waals surface area contributed by atoms with E-state index in [1.165, 1.54) is 12.8 Å². The molecule has 5 nitrogen and oxygen atoms in total. The van der Waals surface area contributed by atoms with Gasteiger partial charge in [0.2, 0.25) is 0 Å². The first kappa shape index (κ1) is 19.4. The van der Waals surface area contributed by atoms with Crippen molar-refractivity contribution < 1.29 is 14.3 Å². The Bertz CT molecular complexity index is 568. The summed E-state index contributed by atoms with van der Waals surface area (Å²) in [5.41, 5.74) is 1.20. The van der Waals surface area contributed by atoms with Crippen LogP contribution in [0.25, 0.3) is 0 Å². The number of benzene rings is 1. The van der Waals surface area contributed by atoms with Crippen molar-refractivity contribution in [3.63, 3.8) is 0 Å². The van der Waals surface area contributed by atoms with Crippen molar-refractivity contribution in [1.29, 1.82) is 0 Å². The number of ether oxygens (including phenoxy) is 1. The SMILES string of the molecule is CCCC[C@H](CC)CNC(=O)c1cccc(NC(=O)[C@@H]2CCCO2)c1. The lowest BCUT2D eigenvalue weighted by atomic mass is 9.99. The van der Waals surface area contributed by atoms with E-state index in [1.807, 2.05) is 0 Å². The van der Waals surface area contributed by atoms with Crippen LogP contribution in [0, 0.1) is 5.92 Å². The predicted molar refractivity (Wildman–Crippen MR) is 99.7 cm³/mol. The van der Waals surface area contributed by atoms with E-state index in [0.717, 1.165) is 25.7 Å². The zero-order valence-electron chi connectivity index (χ0n) is 15.3. The molecule has 2 amide bonds. The van der Waals surface area contributed by atoms with Crippen LogP contribution in [-0.2, 0) is 9.53 Å². The fourth-order valence-electron chi connectivity index (χ4n) is 3.03.